The molecule has 0 aliphatic rings. The number of anilines is 3. The third kappa shape index (κ3) is 3.64. The van der Waals surface area contributed by atoms with Crippen molar-refractivity contribution in [2.24, 2.45) is 0 Å². The molecule has 0 radical (unpaired) electrons. The largest absolute Gasteiger partial charge is 0.336 e. The number of carbonyl (C=O) groups excluding carboxylic acids is 1. The number of nitrogens with zero attached hydrogens (tertiary/aromatic N) is 5. The van der Waals surface area contributed by atoms with Crippen molar-refractivity contribution in [3.63, 3.8) is 0 Å². The van der Waals surface area contributed by atoms with E-state index in [1.807, 2.05) is 0 Å². The molecule has 0 spiro atoms. The van der Waals surface area contributed by atoms with E-state index in [0.29, 0.717) is 11.4 Å². The van der Waals surface area contributed by atoms with Crippen LogP contribution in [0.3, 0.4) is 0 Å². The zero-order valence-corrected chi connectivity index (χ0v) is 12.6. The number of pyridine rings is 1. The Bertz CT molecular complexity index is 855. The normalized spacial score (nSPS) is 10.2. The first kappa shape index (κ1) is 15.4. The summed E-state index contributed by atoms with van der Waals surface area (Å²) in [7, 11) is 0. The standard InChI is InChI=1S/C15H12FN7O/c1-9-4-20-14(22-11-6-17-8-18-7-11)13(21-9)15(24)23-12-3-2-10(16)5-19-12/h2-8H,1H3,(H,20,22)(H,19,23,24). The van der Waals surface area contributed by atoms with Gasteiger partial charge in [-0.15, -0.1) is 0 Å². The van der Waals surface area contributed by atoms with Gasteiger partial charge in [-0.2, -0.15) is 0 Å². The topological polar surface area (TPSA) is 106 Å². The lowest BCUT2D eigenvalue weighted by Crippen LogP contribution is -2.18. The van der Waals surface area contributed by atoms with Gasteiger partial charge in [-0.05, 0) is 19.1 Å². The Balaban J connectivity index is 1.87. The average molecular weight is 325 g/mol. The molecule has 2 N–H and O–H groups in total. The van der Waals surface area contributed by atoms with E-state index in [0.717, 1.165) is 6.20 Å². The summed E-state index contributed by atoms with van der Waals surface area (Å²) >= 11 is 0. The van der Waals surface area contributed by atoms with Crippen LogP contribution in [0.5, 0.6) is 0 Å². The molecule has 1 amide bonds. The van der Waals surface area contributed by atoms with Gasteiger partial charge >= 0.3 is 0 Å². The molecule has 0 aliphatic carbocycles. The smallest absolute Gasteiger partial charge is 0.279 e. The molecule has 0 saturated heterocycles. The molecule has 120 valence electrons. The Morgan fingerprint density at radius 3 is 2.58 bits per heavy atom. The number of nitrogens with one attached hydrogen (secondary N) is 2. The van der Waals surface area contributed by atoms with Crippen LogP contribution >= 0.6 is 0 Å². The van der Waals surface area contributed by atoms with Gasteiger partial charge in [-0.1, -0.05) is 0 Å². The van der Waals surface area contributed by atoms with E-state index < -0.39 is 11.7 Å². The van der Waals surface area contributed by atoms with Crippen molar-refractivity contribution >= 4 is 23.2 Å². The summed E-state index contributed by atoms with van der Waals surface area (Å²) in [6.45, 7) is 1.72. The highest BCUT2D eigenvalue weighted by molar-refractivity contribution is 6.05. The molecule has 0 aromatic carbocycles. The first-order chi connectivity index (χ1) is 11.6. The molecule has 8 nitrogen and oxygen atoms in total. The summed E-state index contributed by atoms with van der Waals surface area (Å²) in [4.78, 5) is 32.4. The molecule has 0 fully saturated rings. The van der Waals surface area contributed by atoms with Crippen molar-refractivity contribution in [2.75, 3.05) is 10.6 Å². The van der Waals surface area contributed by atoms with Gasteiger partial charge in [-0.25, -0.2) is 29.3 Å². The summed E-state index contributed by atoms with van der Waals surface area (Å²) in [6.07, 6.45) is 7.01. The lowest BCUT2D eigenvalue weighted by Gasteiger charge is -2.10. The van der Waals surface area contributed by atoms with Gasteiger partial charge in [0.25, 0.3) is 5.91 Å². The lowest BCUT2D eigenvalue weighted by molar-refractivity contribution is 0.102. The van der Waals surface area contributed by atoms with E-state index in [2.05, 4.69) is 35.6 Å². The minimum absolute atomic E-state index is 0.0741. The second-order valence-corrected chi connectivity index (χ2v) is 4.78. The molecular formula is C15H12FN7O. The van der Waals surface area contributed by atoms with Crippen LogP contribution < -0.4 is 10.6 Å². The van der Waals surface area contributed by atoms with Gasteiger partial charge < -0.3 is 10.6 Å². The van der Waals surface area contributed by atoms with Crippen molar-refractivity contribution in [1.29, 1.82) is 0 Å². The Morgan fingerprint density at radius 1 is 1.08 bits per heavy atom. The maximum absolute atomic E-state index is 12.9. The minimum Gasteiger partial charge on any atom is -0.336 e. The SMILES string of the molecule is Cc1cnc(Nc2cncnc2)c(C(=O)Nc2ccc(F)cn2)n1. The van der Waals surface area contributed by atoms with Crippen LogP contribution in [0, 0.1) is 12.7 Å². The number of hydrogen-bond acceptors (Lipinski definition) is 7. The number of carbonyl (C=O) groups is 1. The Kier molecular flexibility index (Phi) is 4.32. The number of hydrogen-bond donors (Lipinski definition) is 2. The van der Waals surface area contributed by atoms with E-state index in [-0.39, 0.29) is 17.3 Å². The number of amides is 1. The molecule has 3 heterocycles. The van der Waals surface area contributed by atoms with Crippen LogP contribution in [0.1, 0.15) is 16.2 Å². The highest BCUT2D eigenvalue weighted by Gasteiger charge is 2.16. The van der Waals surface area contributed by atoms with E-state index >= 15 is 0 Å². The molecule has 9 heteroatoms. The van der Waals surface area contributed by atoms with Crippen LogP contribution in [-0.4, -0.2) is 30.8 Å². The quantitative estimate of drug-likeness (QED) is 0.756. The van der Waals surface area contributed by atoms with Gasteiger partial charge in [0, 0.05) is 0 Å². The monoisotopic (exact) mass is 325 g/mol. The summed E-state index contributed by atoms with van der Waals surface area (Å²) in [5.41, 5.74) is 1.21. The fourth-order valence-electron chi connectivity index (χ4n) is 1.85. The van der Waals surface area contributed by atoms with Gasteiger partial charge in [0.15, 0.2) is 11.5 Å². The number of aromatic nitrogens is 5. The highest BCUT2D eigenvalue weighted by Crippen LogP contribution is 2.17. The zero-order chi connectivity index (χ0) is 16.9. The second kappa shape index (κ2) is 6.73. The first-order valence-corrected chi connectivity index (χ1v) is 6.90. The lowest BCUT2D eigenvalue weighted by atomic mass is 10.3. The van der Waals surface area contributed by atoms with E-state index in [4.69, 9.17) is 0 Å². The summed E-state index contributed by atoms with van der Waals surface area (Å²) < 4.78 is 12.9. The fourth-order valence-corrected chi connectivity index (χ4v) is 1.85. The van der Waals surface area contributed by atoms with Gasteiger partial charge in [0.2, 0.25) is 0 Å². The minimum atomic E-state index is -0.523. The molecule has 3 rings (SSSR count). The average Bonchev–Trinajstić information content (AvgIpc) is 2.59. The molecule has 3 aromatic rings. The van der Waals surface area contributed by atoms with Gasteiger partial charge in [0.1, 0.15) is 18.0 Å². The maximum Gasteiger partial charge on any atom is 0.279 e. The van der Waals surface area contributed by atoms with Gasteiger partial charge in [-0.3, -0.25) is 4.79 Å². The van der Waals surface area contributed by atoms with Crippen molar-refractivity contribution in [1.82, 2.24) is 24.9 Å². The predicted octanol–water partition coefficient (Wildman–Crippen LogP) is 2.11. The van der Waals surface area contributed by atoms with E-state index in [9.17, 15) is 9.18 Å². The highest BCUT2D eigenvalue weighted by atomic mass is 19.1. The number of rotatable bonds is 4. The summed E-state index contributed by atoms with van der Waals surface area (Å²) in [5.74, 6) is -0.562. The van der Waals surface area contributed by atoms with Gasteiger partial charge in [0.05, 0.1) is 36.2 Å². The Labute approximate surface area is 136 Å². The van der Waals surface area contributed by atoms with Crippen molar-refractivity contribution in [3.8, 4) is 0 Å². The van der Waals surface area contributed by atoms with Crippen molar-refractivity contribution in [2.45, 2.75) is 6.92 Å². The van der Waals surface area contributed by atoms with Crippen LogP contribution in [0.15, 0.2) is 43.2 Å². The number of aryl methyl sites for hydroxylation is 1. The summed E-state index contributed by atoms with van der Waals surface area (Å²) in [6, 6.07) is 2.56. The van der Waals surface area contributed by atoms with Crippen LogP contribution in [0.4, 0.5) is 21.7 Å². The molecule has 24 heavy (non-hydrogen) atoms. The molecule has 0 unspecified atom stereocenters. The van der Waals surface area contributed by atoms with E-state index in [1.165, 1.54) is 37.1 Å². The third-order valence-electron chi connectivity index (χ3n) is 2.90. The molecule has 0 aliphatic heterocycles. The van der Waals surface area contributed by atoms with Crippen LogP contribution in [-0.2, 0) is 0 Å². The van der Waals surface area contributed by atoms with Crippen molar-refractivity contribution < 1.29 is 9.18 Å². The molecule has 0 bridgehead atoms. The maximum atomic E-state index is 12.9. The fraction of sp³-hybridized carbons (Fsp3) is 0.0667. The van der Waals surface area contributed by atoms with E-state index in [1.54, 1.807) is 6.92 Å². The second-order valence-electron chi connectivity index (χ2n) is 4.78. The molecule has 3 aromatic heterocycles. The predicted molar refractivity (Wildman–Crippen MR) is 84.2 cm³/mol. The Morgan fingerprint density at radius 2 is 1.88 bits per heavy atom. The van der Waals surface area contributed by atoms with Crippen LogP contribution in [0.25, 0.3) is 0 Å². The van der Waals surface area contributed by atoms with Crippen LogP contribution in [0.2, 0.25) is 0 Å². The number of halogens is 1. The molecule has 0 saturated carbocycles. The molecular weight excluding hydrogens is 313 g/mol. The Hall–Kier alpha value is -3.49. The first-order valence-electron chi connectivity index (χ1n) is 6.90. The zero-order valence-electron chi connectivity index (χ0n) is 12.6. The molecule has 0 atom stereocenters. The summed E-state index contributed by atoms with van der Waals surface area (Å²) in [5, 5.41) is 5.48. The third-order valence-corrected chi connectivity index (χ3v) is 2.90. The van der Waals surface area contributed by atoms with Crippen molar-refractivity contribution in [3.05, 3.63) is 60.5 Å².